The lowest BCUT2D eigenvalue weighted by Gasteiger charge is -2.39. The quantitative estimate of drug-likeness (QED) is 0.767. The molecule has 1 aliphatic carbocycles. The van der Waals surface area contributed by atoms with Gasteiger partial charge in [-0.05, 0) is 43.6 Å². The van der Waals surface area contributed by atoms with E-state index in [1.54, 1.807) is 6.33 Å². The number of amides is 2. The van der Waals surface area contributed by atoms with Gasteiger partial charge in [-0.2, -0.15) is 0 Å². The Kier molecular flexibility index (Phi) is 4.88. The van der Waals surface area contributed by atoms with Crippen molar-refractivity contribution < 1.29 is 9.59 Å². The first-order chi connectivity index (χ1) is 14.5. The summed E-state index contributed by atoms with van der Waals surface area (Å²) < 4.78 is 1.92. The first-order valence-corrected chi connectivity index (χ1v) is 11.1. The van der Waals surface area contributed by atoms with Crippen LogP contribution >= 0.6 is 0 Å². The summed E-state index contributed by atoms with van der Waals surface area (Å²) in [5.74, 6) is 1.03. The highest BCUT2D eigenvalue weighted by Crippen LogP contribution is 2.49. The molecule has 158 valence electrons. The Morgan fingerprint density at radius 1 is 1.23 bits per heavy atom. The van der Waals surface area contributed by atoms with Crippen LogP contribution in [0.4, 0.5) is 0 Å². The molecule has 2 saturated heterocycles. The highest BCUT2D eigenvalue weighted by Gasteiger charge is 2.54. The fourth-order valence-electron chi connectivity index (χ4n) is 5.26. The van der Waals surface area contributed by atoms with Gasteiger partial charge in [-0.3, -0.25) is 9.59 Å². The maximum absolute atomic E-state index is 13.6. The van der Waals surface area contributed by atoms with Gasteiger partial charge in [-0.1, -0.05) is 30.3 Å². The number of carbonyl (C=O) groups excluding carboxylic acids is 2. The van der Waals surface area contributed by atoms with E-state index in [-0.39, 0.29) is 17.9 Å². The molecule has 1 spiro atoms. The average Bonchev–Trinajstić information content (AvgIpc) is 3.32. The molecule has 0 radical (unpaired) electrons. The minimum atomic E-state index is -0.457. The van der Waals surface area contributed by atoms with E-state index in [4.69, 9.17) is 0 Å². The van der Waals surface area contributed by atoms with Crippen molar-refractivity contribution >= 4 is 11.8 Å². The van der Waals surface area contributed by atoms with Crippen molar-refractivity contribution in [3.05, 3.63) is 54.1 Å². The zero-order valence-electron chi connectivity index (χ0n) is 17.7. The Bertz CT molecular complexity index is 936. The van der Waals surface area contributed by atoms with Crippen molar-refractivity contribution in [2.24, 2.45) is 18.4 Å². The second kappa shape index (κ2) is 7.56. The van der Waals surface area contributed by atoms with E-state index in [0.29, 0.717) is 25.3 Å². The summed E-state index contributed by atoms with van der Waals surface area (Å²) in [4.78, 5) is 35.5. The van der Waals surface area contributed by atoms with Crippen LogP contribution in [-0.4, -0.2) is 50.8 Å². The Hall–Kier alpha value is -2.63. The zero-order chi connectivity index (χ0) is 20.7. The van der Waals surface area contributed by atoms with Crippen molar-refractivity contribution in [1.82, 2.24) is 19.4 Å². The van der Waals surface area contributed by atoms with E-state index in [9.17, 15) is 9.59 Å². The van der Waals surface area contributed by atoms with Crippen molar-refractivity contribution in [3.63, 3.8) is 0 Å². The topological polar surface area (TPSA) is 58.4 Å². The Morgan fingerprint density at radius 2 is 2.03 bits per heavy atom. The molecule has 2 amide bonds. The van der Waals surface area contributed by atoms with Gasteiger partial charge in [0.2, 0.25) is 11.8 Å². The SMILES string of the molecule is Cn1cnc([C@H]2C[C@]3(CCCN(CC4CC4)C3=O)CN2C(=O)Cc2ccccc2)c1. The highest BCUT2D eigenvalue weighted by atomic mass is 16.2. The standard InChI is InChI=1S/C24H30N4O2/c1-26-15-20(25-17-26)21-13-24(10-5-11-27(23(24)30)14-19-8-9-19)16-28(21)22(29)12-18-6-3-2-4-7-18/h2-4,6-7,15,17,19,21H,5,8-14,16H2,1H3/t21-,24-/m1/s1. The van der Waals surface area contributed by atoms with Gasteiger partial charge >= 0.3 is 0 Å². The largest absolute Gasteiger partial charge is 0.342 e. The van der Waals surface area contributed by atoms with E-state index in [1.807, 2.05) is 53.0 Å². The molecule has 1 aromatic heterocycles. The van der Waals surface area contributed by atoms with Crippen LogP contribution < -0.4 is 0 Å². The first kappa shape index (κ1) is 19.3. The number of hydrogen-bond donors (Lipinski definition) is 0. The predicted octanol–water partition coefficient (Wildman–Crippen LogP) is 2.96. The summed E-state index contributed by atoms with van der Waals surface area (Å²) in [5.41, 5.74) is 1.44. The summed E-state index contributed by atoms with van der Waals surface area (Å²) in [5, 5.41) is 0. The molecule has 0 N–H and O–H groups in total. The minimum Gasteiger partial charge on any atom is -0.342 e. The monoisotopic (exact) mass is 406 g/mol. The first-order valence-electron chi connectivity index (χ1n) is 11.1. The highest BCUT2D eigenvalue weighted by molar-refractivity contribution is 5.87. The van der Waals surface area contributed by atoms with Crippen LogP contribution in [0.15, 0.2) is 42.9 Å². The van der Waals surface area contributed by atoms with Crippen molar-refractivity contribution in [2.45, 2.75) is 44.6 Å². The Morgan fingerprint density at radius 3 is 2.73 bits per heavy atom. The molecular weight excluding hydrogens is 376 g/mol. The fraction of sp³-hybridized carbons (Fsp3) is 0.542. The van der Waals surface area contributed by atoms with Gasteiger partial charge in [0.1, 0.15) is 0 Å². The minimum absolute atomic E-state index is 0.0841. The van der Waals surface area contributed by atoms with Crippen LogP contribution in [0.3, 0.4) is 0 Å². The van der Waals surface area contributed by atoms with Gasteiger partial charge in [-0.15, -0.1) is 0 Å². The lowest BCUT2D eigenvalue weighted by molar-refractivity contribution is -0.146. The van der Waals surface area contributed by atoms with Gasteiger partial charge in [-0.25, -0.2) is 4.98 Å². The van der Waals surface area contributed by atoms with Gasteiger partial charge in [0.15, 0.2) is 0 Å². The summed E-state index contributed by atoms with van der Waals surface area (Å²) in [7, 11) is 1.94. The molecule has 6 nitrogen and oxygen atoms in total. The van der Waals surface area contributed by atoms with Gasteiger partial charge in [0, 0.05) is 32.9 Å². The molecule has 2 aromatic rings. The van der Waals surface area contributed by atoms with Gasteiger partial charge in [0.05, 0.1) is 29.9 Å². The molecule has 3 aliphatic rings. The third-order valence-corrected chi connectivity index (χ3v) is 7.02. The Balaban J connectivity index is 1.42. The third-order valence-electron chi connectivity index (χ3n) is 7.02. The lowest BCUT2D eigenvalue weighted by atomic mass is 9.76. The number of carbonyl (C=O) groups is 2. The molecule has 1 saturated carbocycles. The van der Waals surface area contributed by atoms with Crippen LogP contribution in [0.1, 0.15) is 49.4 Å². The van der Waals surface area contributed by atoms with E-state index in [1.165, 1.54) is 12.8 Å². The molecule has 0 bridgehead atoms. The molecule has 3 heterocycles. The van der Waals surface area contributed by atoms with Crippen LogP contribution in [-0.2, 0) is 23.1 Å². The summed E-state index contributed by atoms with van der Waals surface area (Å²) in [6, 6.07) is 9.73. The maximum atomic E-state index is 13.6. The number of imidazole rings is 1. The fourth-order valence-corrected chi connectivity index (χ4v) is 5.26. The van der Waals surface area contributed by atoms with Crippen LogP contribution in [0.2, 0.25) is 0 Å². The average molecular weight is 407 g/mol. The normalized spacial score (nSPS) is 26.6. The second-order valence-corrected chi connectivity index (χ2v) is 9.45. The lowest BCUT2D eigenvalue weighted by Crippen LogP contribution is -2.51. The Labute approximate surface area is 177 Å². The number of nitrogens with zero attached hydrogens (tertiary/aromatic N) is 4. The number of rotatable bonds is 5. The number of hydrogen-bond acceptors (Lipinski definition) is 3. The molecule has 2 atom stereocenters. The number of aromatic nitrogens is 2. The van der Waals surface area contributed by atoms with E-state index in [0.717, 1.165) is 37.2 Å². The van der Waals surface area contributed by atoms with Crippen LogP contribution in [0.25, 0.3) is 0 Å². The number of likely N-dealkylation sites (tertiary alicyclic amines) is 2. The number of piperidine rings is 1. The van der Waals surface area contributed by atoms with Crippen molar-refractivity contribution in [3.8, 4) is 0 Å². The number of benzene rings is 1. The summed E-state index contributed by atoms with van der Waals surface area (Å²) >= 11 is 0. The van der Waals surface area contributed by atoms with Crippen molar-refractivity contribution in [1.29, 1.82) is 0 Å². The summed E-state index contributed by atoms with van der Waals surface area (Å²) in [6.45, 7) is 2.27. The molecule has 6 heteroatoms. The maximum Gasteiger partial charge on any atom is 0.230 e. The molecule has 0 unspecified atom stereocenters. The van der Waals surface area contributed by atoms with E-state index < -0.39 is 5.41 Å². The van der Waals surface area contributed by atoms with E-state index in [2.05, 4.69) is 9.88 Å². The molecule has 5 rings (SSSR count). The molecule has 3 fully saturated rings. The van der Waals surface area contributed by atoms with Crippen LogP contribution in [0, 0.1) is 11.3 Å². The molecule has 30 heavy (non-hydrogen) atoms. The number of aryl methyl sites for hydroxylation is 1. The van der Waals surface area contributed by atoms with Crippen LogP contribution in [0.5, 0.6) is 0 Å². The predicted molar refractivity (Wildman–Crippen MR) is 113 cm³/mol. The van der Waals surface area contributed by atoms with Gasteiger partial charge in [0.25, 0.3) is 0 Å². The molecule has 2 aliphatic heterocycles. The van der Waals surface area contributed by atoms with Crippen molar-refractivity contribution in [2.75, 3.05) is 19.6 Å². The molecular formula is C24H30N4O2. The molecule has 1 aromatic carbocycles. The van der Waals surface area contributed by atoms with E-state index >= 15 is 0 Å². The zero-order valence-corrected chi connectivity index (χ0v) is 17.7. The van der Waals surface area contributed by atoms with Gasteiger partial charge < -0.3 is 14.4 Å². The second-order valence-electron chi connectivity index (χ2n) is 9.45. The summed E-state index contributed by atoms with van der Waals surface area (Å²) in [6.07, 6.45) is 9.19. The smallest absolute Gasteiger partial charge is 0.230 e. The third kappa shape index (κ3) is 3.64.